The molecular weight excluding hydrogens is 124 g/mol. The zero-order chi connectivity index (χ0) is 6.69. The first-order valence-electron chi connectivity index (χ1n) is 2.68. The van der Waals surface area contributed by atoms with Gasteiger partial charge in [-0.15, -0.1) is 0 Å². The Morgan fingerprint density at radius 2 is 2.22 bits per heavy atom. The van der Waals surface area contributed by atoms with Crippen LogP contribution in [0, 0.1) is 18.8 Å². The summed E-state index contributed by atoms with van der Waals surface area (Å²) >= 11 is 0. The normalized spacial score (nSPS) is 16.8. The predicted molar refractivity (Wildman–Crippen MR) is 42.2 cm³/mol. The molecule has 0 heterocycles. The van der Waals surface area contributed by atoms with Gasteiger partial charge >= 0.3 is 0 Å². The lowest BCUT2D eigenvalue weighted by Gasteiger charge is -2.03. The summed E-state index contributed by atoms with van der Waals surface area (Å²) in [6, 6.07) is 0. The van der Waals surface area contributed by atoms with Gasteiger partial charge in [-0.1, -0.05) is 23.2 Å². The fourth-order valence-electron chi connectivity index (χ4n) is 0.642. The summed E-state index contributed by atoms with van der Waals surface area (Å²) in [5.74, 6) is 2.35. The zero-order valence-corrected chi connectivity index (χ0v) is 6.43. The number of allylic oxidation sites excluding steroid dienone is 4. The molecule has 42 valence electrons. The molecule has 0 saturated carbocycles. The molecule has 0 aromatic rings. The van der Waals surface area contributed by atoms with E-state index in [1.165, 1.54) is 0 Å². The highest BCUT2D eigenvalue weighted by Crippen LogP contribution is 2.03. The third-order valence-corrected chi connectivity index (χ3v) is 1.77. The Balaban J connectivity index is 2.91. The minimum absolute atomic E-state index is 0.885. The lowest BCUT2D eigenvalue weighted by atomic mass is 10.1. The average Bonchev–Trinajstić information content (AvgIpc) is 1.89. The maximum atomic E-state index is 6.84. The molecule has 1 rings (SSSR count). The van der Waals surface area contributed by atoms with Gasteiger partial charge in [0, 0.05) is 12.0 Å². The highest BCUT2D eigenvalue weighted by molar-refractivity contribution is 6.48. The molecule has 1 aliphatic carbocycles. The summed E-state index contributed by atoms with van der Waals surface area (Å²) in [5, 5.41) is 1.13. The van der Waals surface area contributed by atoms with Crippen LogP contribution in [0.2, 0.25) is 0 Å². The van der Waals surface area contributed by atoms with Crippen molar-refractivity contribution >= 4 is 15.0 Å². The van der Waals surface area contributed by atoms with Crippen molar-refractivity contribution in [3.8, 4) is 5.92 Å². The molecule has 0 nitrogen and oxygen atoms in total. The molecule has 0 aromatic heterocycles. The quantitative estimate of drug-likeness (QED) is 0.322. The van der Waals surface area contributed by atoms with Crippen LogP contribution < -0.4 is 0 Å². The summed E-state index contributed by atoms with van der Waals surface area (Å²) in [5.41, 5.74) is 0.885. The van der Waals surface area contributed by atoms with E-state index in [-0.39, 0.29) is 0 Å². The van der Waals surface area contributed by atoms with Gasteiger partial charge in [0.25, 0.3) is 0 Å². The Morgan fingerprint density at radius 1 is 1.44 bits per heavy atom. The Kier molecular flexibility index (Phi) is 1.81. The third-order valence-electron chi connectivity index (χ3n) is 1.15. The van der Waals surface area contributed by atoms with Gasteiger partial charge in [0.05, 0.1) is 0 Å². The van der Waals surface area contributed by atoms with Crippen molar-refractivity contribution in [2.45, 2.75) is 0 Å². The first kappa shape index (κ1) is 6.25. The van der Waals surface area contributed by atoms with Crippen molar-refractivity contribution in [2.75, 3.05) is 0 Å². The lowest BCUT2D eigenvalue weighted by molar-refractivity contribution is 1.73. The van der Waals surface area contributed by atoms with Crippen molar-refractivity contribution < 1.29 is 0 Å². The van der Waals surface area contributed by atoms with Gasteiger partial charge in [-0.2, -0.15) is 0 Å². The number of hydrogen-bond donors (Lipinski definition) is 0. The van der Waals surface area contributed by atoms with Crippen molar-refractivity contribution in [3.63, 3.8) is 0 Å². The predicted octanol–water partition coefficient (Wildman–Crippen LogP) is 0.0822. The second-order valence-corrected chi connectivity index (χ2v) is 2.54. The van der Waals surface area contributed by atoms with E-state index in [4.69, 9.17) is 6.42 Å². The average molecular weight is 130 g/mol. The minimum Gasteiger partial charge on any atom is -0.0764 e. The van der Waals surface area contributed by atoms with Crippen molar-refractivity contribution in [2.24, 2.45) is 0 Å². The van der Waals surface area contributed by atoms with Crippen LogP contribution in [0.3, 0.4) is 0 Å². The van der Waals surface area contributed by atoms with Crippen LogP contribution in [0.4, 0.5) is 0 Å². The summed E-state index contributed by atoms with van der Waals surface area (Å²) in [6.45, 7) is 0. The SMILES string of the molecule is [C]#CC1=CC=C[CH]C1=[SiH2]. The molecule has 0 N–H and O–H groups in total. The van der Waals surface area contributed by atoms with Gasteiger partial charge in [-0.25, -0.2) is 0 Å². The van der Waals surface area contributed by atoms with Crippen molar-refractivity contribution in [3.05, 3.63) is 36.6 Å². The molecule has 0 unspecified atom stereocenters. The molecule has 0 saturated heterocycles. The van der Waals surface area contributed by atoms with Crippen LogP contribution in [-0.4, -0.2) is 15.0 Å². The molecular formula is C8H6Si. The monoisotopic (exact) mass is 130 g/mol. The van der Waals surface area contributed by atoms with Gasteiger partial charge in [-0.05, 0) is 22.4 Å². The second kappa shape index (κ2) is 2.61. The van der Waals surface area contributed by atoms with E-state index in [1.54, 1.807) is 9.85 Å². The second-order valence-electron chi connectivity index (χ2n) is 1.78. The Bertz CT molecular complexity index is 225. The topological polar surface area (TPSA) is 0 Å². The molecule has 0 fully saturated rings. The largest absolute Gasteiger partial charge is 0.0764 e. The molecule has 0 aromatic carbocycles. The molecule has 2 radical (unpaired) electrons. The maximum Gasteiger partial charge on any atom is 0.0241 e. The van der Waals surface area contributed by atoms with Crippen LogP contribution in [-0.2, 0) is 0 Å². The van der Waals surface area contributed by atoms with Crippen molar-refractivity contribution in [1.29, 1.82) is 0 Å². The molecule has 0 atom stereocenters. The van der Waals surface area contributed by atoms with E-state index in [9.17, 15) is 0 Å². The molecule has 0 aliphatic heterocycles. The highest BCUT2D eigenvalue weighted by Gasteiger charge is 1.98. The summed E-state index contributed by atoms with van der Waals surface area (Å²) in [4.78, 5) is 0. The third kappa shape index (κ3) is 1.27. The zero-order valence-electron chi connectivity index (χ0n) is 5.02. The number of rotatable bonds is 0. The van der Waals surface area contributed by atoms with Gasteiger partial charge in [0.2, 0.25) is 0 Å². The van der Waals surface area contributed by atoms with Gasteiger partial charge in [-0.3, -0.25) is 0 Å². The summed E-state index contributed by atoms with van der Waals surface area (Å²) < 4.78 is 0. The van der Waals surface area contributed by atoms with Crippen LogP contribution in [0.15, 0.2) is 23.8 Å². The molecule has 9 heavy (non-hydrogen) atoms. The highest BCUT2D eigenvalue weighted by atomic mass is 28.1. The summed E-state index contributed by atoms with van der Waals surface area (Å²) in [6.07, 6.45) is 14.6. The minimum atomic E-state index is 0.885. The van der Waals surface area contributed by atoms with E-state index < -0.39 is 0 Å². The first-order valence-corrected chi connectivity index (χ1v) is 3.39. The standard InChI is InChI=1S/C8H6Si/c1-2-7-5-3-4-6-8(7)9/h3-6H,9H2. The van der Waals surface area contributed by atoms with Crippen molar-refractivity contribution in [1.82, 2.24) is 0 Å². The maximum absolute atomic E-state index is 6.84. The Hall–Kier alpha value is -0.873. The van der Waals surface area contributed by atoms with Gasteiger partial charge in [0.1, 0.15) is 0 Å². The fourth-order valence-corrected chi connectivity index (χ4v) is 0.985. The molecule has 1 heteroatoms. The molecule has 0 bridgehead atoms. The van der Waals surface area contributed by atoms with E-state index in [2.05, 4.69) is 5.92 Å². The van der Waals surface area contributed by atoms with Crippen LogP contribution >= 0.6 is 0 Å². The van der Waals surface area contributed by atoms with Gasteiger partial charge in [0.15, 0.2) is 0 Å². The summed E-state index contributed by atoms with van der Waals surface area (Å²) in [7, 11) is 1.78. The number of hydrogen-bond acceptors (Lipinski definition) is 0. The van der Waals surface area contributed by atoms with Gasteiger partial charge < -0.3 is 0 Å². The van der Waals surface area contributed by atoms with Crippen LogP contribution in [0.5, 0.6) is 0 Å². The van der Waals surface area contributed by atoms with E-state index in [0.29, 0.717) is 0 Å². The smallest absolute Gasteiger partial charge is 0.0241 e. The van der Waals surface area contributed by atoms with E-state index >= 15 is 0 Å². The molecule has 1 aliphatic rings. The molecule has 0 spiro atoms. The van der Waals surface area contributed by atoms with Crippen LogP contribution in [0.1, 0.15) is 0 Å². The van der Waals surface area contributed by atoms with Crippen LogP contribution in [0.25, 0.3) is 0 Å². The molecule has 0 amide bonds. The Morgan fingerprint density at radius 3 is 2.67 bits per heavy atom. The lowest BCUT2D eigenvalue weighted by Crippen LogP contribution is -2.03. The fraction of sp³-hybridized carbons (Fsp3) is 0. The van der Waals surface area contributed by atoms with E-state index in [0.717, 1.165) is 10.7 Å². The first-order chi connectivity index (χ1) is 4.34. The van der Waals surface area contributed by atoms with E-state index in [1.807, 2.05) is 24.6 Å². The Labute approximate surface area is 58.3 Å².